The van der Waals surface area contributed by atoms with Gasteiger partial charge in [0.25, 0.3) is 0 Å². The number of anilines is 1. The van der Waals surface area contributed by atoms with E-state index in [1.54, 1.807) is 6.20 Å². The SMILES string of the molecule is Clc1cnc2[nH]ccc2c1NC1CCCN(Cc2ccccc2)C1. The molecule has 4 nitrogen and oxygen atoms in total. The molecule has 0 spiro atoms. The molecule has 24 heavy (non-hydrogen) atoms. The molecule has 1 fully saturated rings. The molecule has 1 saturated heterocycles. The number of rotatable bonds is 4. The maximum atomic E-state index is 6.39. The van der Waals surface area contributed by atoms with E-state index in [-0.39, 0.29) is 0 Å². The van der Waals surface area contributed by atoms with Crippen molar-refractivity contribution in [2.45, 2.75) is 25.4 Å². The van der Waals surface area contributed by atoms with Gasteiger partial charge in [-0.05, 0) is 31.0 Å². The minimum Gasteiger partial charge on any atom is -0.379 e. The van der Waals surface area contributed by atoms with Crippen molar-refractivity contribution in [2.24, 2.45) is 0 Å². The Balaban J connectivity index is 1.48. The average molecular weight is 341 g/mol. The average Bonchev–Trinajstić information content (AvgIpc) is 3.08. The van der Waals surface area contributed by atoms with Crippen molar-refractivity contribution in [1.29, 1.82) is 0 Å². The van der Waals surface area contributed by atoms with Crippen LogP contribution in [0.1, 0.15) is 18.4 Å². The number of nitrogens with one attached hydrogen (secondary N) is 2. The molecule has 1 atom stereocenters. The van der Waals surface area contributed by atoms with Crippen molar-refractivity contribution in [1.82, 2.24) is 14.9 Å². The van der Waals surface area contributed by atoms with E-state index in [1.165, 1.54) is 12.0 Å². The Kier molecular flexibility index (Phi) is 4.41. The van der Waals surface area contributed by atoms with Gasteiger partial charge in [0, 0.05) is 30.7 Å². The zero-order valence-electron chi connectivity index (χ0n) is 13.5. The lowest BCUT2D eigenvalue weighted by Crippen LogP contribution is -2.41. The van der Waals surface area contributed by atoms with Gasteiger partial charge in [0.2, 0.25) is 0 Å². The predicted molar refractivity (Wildman–Crippen MR) is 99.5 cm³/mol. The van der Waals surface area contributed by atoms with Gasteiger partial charge in [-0.15, -0.1) is 0 Å². The van der Waals surface area contributed by atoms with Crippen LogP contribution in [0.3, 0.4) is 0 Å². The highest BCUT2D eigenvalue weighted by Crippen LogP contribution is 2.30. The Hall–Kier alpha value is -2.04. The van der Waals surface area contributed by atoms with Crippen LogP contribution >= 0.6 is 11.6 Å². The van der Waals surface area contributed by atoms with Crippen molar-refractivity contribution in [2.75, 3.05) is 18.4 Å². The van der Waals surface area contributed by atoms with Crippen molar-refractivity contribution in [3.63, 3.8) is 0 Å². The fourth-order valence-corrected chi connectivity index (χ4v) is 3.70. The number of H-pyrrole nitrogens is 1. The molecule has 0 radical (unpaired) electrons. The van der Waals surface area contributed by atoms with Gasteiger partial charge in [-0.1, -0.05) is 41.9 Å². The number of nitrogens with zero attached hydrogens (tertiary/aromatic N) is 2. The maximum absolute atomic E-state index is 6.39. The zero-order chi connectivity index (χ0) is 16.4. The summed E-state index contributed by atoms with van der Waals surface area (Å²) in [4.78, 5) is 9.99. The van der Waals surface area contributed by atoms with Crippen molar-refractivity contribution >= 4 is 28.3 Å². The van der Waals surface area contributed by atoms with E-state index in [0.717, 1.165) is 42.8 Å². The second kappa shape index (κ2) is 6.83. The molecule has 3 heterocycles. The molecule has 2 N–H and O–H groups in total. The number of hydrogen-bond acceptors (Lipinski definition) is 3. The first-order valence-corrected chi connectivity index (χ1v) is 8.82. The maximum Gasteiger partial charge on any atom is 0.139 e. The minimum atomic E-state index is 0.403. The summed E-state index contributed by atoms with van der Waals surface area (Å²) in [6.07, 6.45) is 5.98. The second-order valence-corrected chi connectivity index (χ2v) is 6.83. The van der Waals surface area contributed by atoms with Crippen molar-refractivity contribution < 1.29 is 0 Å². The highest BCUT2D eigenvalue weighted by molar-refractivity contribution is 6.34. The number of piperidine rings is 1. The lowest BCUT2D eigenvalue weighted by molar-refractivity contribution is 0.208. The molecule has 2 aromatic heterocycles. The van der Waals surface area contributed by atoms with Gasteiger partial charge in [0.1, 0.15) is 5.65 Å². The van der Waals surface area contributed by atoms with Gasteiger partial charge in [-0.2, -0.15) is 0 Å². The van der Waals surface area contributed by atoms with E-state index in [0.29, 0.717) is 11.1 Å². The molecule has 0 aliphatic carbocycles. The summed E-state index contributed by atoms with van der Waals surface area (Å²) in [7, 11) is 0. The Bertz CT molecular complexity index is 815. The van der Waals surface area contributed by atoms with Gasteiger partial charge in [-0.25, -0.2) is 4.98 Å². The van der Waals surface area contributed by atoms with E-state index >= 15 is 0 Å². The van der Waals surface area contributed by atoms with Crippen LogP contribution in [0.2, 0.25) is 5.02 Å². The number of fused-ring (bicyclic) bond motifs is 1. The summed E-state index contributed by atoms with van der Waals surface area (Å²) >= 11 is 6.39. The lowest BCUT2D eigenvalue weighted by atomic mass is 10.0. The molecule has 3 aromatic rings. The Morgan fingerprint density at radius 2 is 2.12 bits per heavy atom. The normalized spacial score (nSPS) is 18.8. The van der Waals surface area contributed by atoms with Crippen LogP contribution < -0.4 is 5.32 Å². The number of aromatic nitrogens is 2. The van der Waals surface area contributed by atoms with Crippen LogP contribution in [-0.4, -0.2) is 34.0 Å². The standard InChI is InChI=1S/C19H21ClN4/c20-17-11-22-19-16(8-9-21-19)18(17)23-15-7-4-10-24(13-15)12-14-5-2-1-3-6-14/h1-3,5-6,8-9,11,15H,4,7,10,12-13H2,(H2,21,22,23). The number of hydrogen-bond donors (Lipinski definition) is 2. The summed E-state index contributed by atoms with van der Waals surface area (Å²) in [5, 5.41) is 5.40. The van der Waals surface area contributed by atoms with Crippen molar-refractivity contribution in [3.05, 3.63) is 59.4 Å². The van der Waals surface area contributed by atoms with Gasteiger partial charge >= 0.3 is 0 Å². The highest BCUT2D eigenvalue weighted by atomic mass is 35.5. The molecule has 1 aliphatic heterocycles. The monoisotopic (exact) mass is 340 g/mol. The van der Waals surface area contributed by atoms with E-state index in [2.05, 4.69) is 50.5 Å². The smallest absolute Gasteiger partial charge is 0.139 e. The summed E-state index contributed by atoms with van der Waals surface area (Å²) in [6, 6.07) is 13.1. The van der Waals surface area contributed by atoms with Gasteiger partial charge in [-0.3, -0.25) is 4.90 Å². The lowest BCUT2D eigenvalue weighted by Gasteiger charge is -2.34. The topological polar surface area (TPSA) is 44.0 Å². The van der Waals surface area contributed by atoms with Crippen LogP contribution in [0.25, 0.3) is 11.0 Å². The van der Waals surface area contributed by atoms with Crippen LogP contribution in [0.5, 0.6) is 0 Å². The van der Waals surface area contributed by atoms with Crippen LogP contribution in [-0.2, 0) is 6.54 Å². The first kappa shape index (κ1) is 15.5. The van der Waals surface area contributed by atoms with E-state index in [1.807, 2.05) is 12.3 Å². The summed E-state index contributed by atoms with van der Waals surface area (Å²) in [5.41, 5.74) is 3.24. The predicted octanol–water partition coefficient (Wildman–Crippen LogP) is 4.29. The molecule has 0 saturated carbocycles. The Morgan fingerprint density at radius 1 is 1.25 bits per heavy atom. The highest BCUT2D eigenvalue weighted by Gasteiger charge is 2.21. The van der Waals surface area contributed by atoms with E-state index in [9.17, 15) is 0 Å². The number of pyridine rings is 1. The fraction of sp³-hybridized carbons (Fsp3) is 0.316. The van der Waals surface area contributed by atoms with Gasteiger partial charge in [0.15, 0.2) is 0 Å². The molecule has 124 valence electrons. The second-order valence-electron chi connectivity index (χ2n) is 6.43. The zero-order valence-corrected chi connectivity index (χ0v) is 14.3. The minimum absolute atomic E-state index is 0.403. The number of aromatic amines is 1. The summed E-state index contributed by atoms with van der Waals surface area (Å²) in [5.74, 6) is 0. The fourth-order valence-electron chi connectivity index (χ4n) is 3.49. The largest absolute Gasteiger partial charge is 0.379 e. The quantitative estimate of drug-likeness (QED) is 0.744. The first-order chi connectivity index (χ1) is 11.8. The third-order valence-corrected chi connectivity index (χ3v) is 4.93. The third-order valence-electron chi connectivity index (χ3n) is 4.64. The van der Waals surface area contributed by atoms with Gasteiger partial charge in [0.05, 0.1) is 16.9 Å². The molecule has 5 heteroatoms. The Labute approximate surface area is 146 Å². The summed E-state index contributed by atoms with van der Waals surface area (Å²) < 4.78 is 0. The van der Waals surface area contributed by atoms with E-state index < -0.39 is 0 Å². The molecule has 4 rings (SSSR count). The number of likely N-dealkylation sites (tertiary alicyclic amines) is 1. The summed E-state index contributed by atoms with van der Waals surface area (Å²) in [6.45, 7) is 3.18. The van der Waals surface area contributed by atoms with E-state index in [4.69, 9.17) is 11.6 Å². The molecule has 0 amide bonds. The van der Waals surface area contributed by atoms with Crippen molar-refractivity contribution in [3.8, 4) is 0 Å². The third kappa shape index (κ3) is 3.25. The molecular formula is C19H21ClN4. The van der Waals surface area contributed by atoms with Crippen LogP contribution in [0.4, 0.5) is 5.69 Å². The molecule has 0 bridgehead atoms. The number of halogens is 1. The number of benzene rings is 1. The first-order valence-electron chi connectivity index (χ1n) is 8.44. The van der Waals surface area contributed by atoms with Gasteiger partial charge < -0.3 is 10.3 Å². The molecule has 1 aliphatic rings. The van der Waals surface area contributed by atoms with Crippen LogP contribution in [0.15, 0.2) is 48.8 Å². The molecule has 1 unspecified atom stereocenters. The van der Waals surface area contributed by atoms with Crippen LogP contribution in [0, 0.1) is 0 Å². The Morgan fingerprint density at radius 3 is 3.00 bits per heavy atom. The molecule has 1 aromatic carbocycles. The molecular weight excluding hydrogens is 320 g/mol.